The summed E-state index contributed by atoms with van der Waals surface area (Å²) in [7, 11) is 0. The van der Waals surface area contributed by atoms with Crippen molar-refractivity contribution in [2.75, 3.05) is 10.6 Å². The number of benzene rings is 2. The molecule has 0 unspecified atom stereocenters. The van der Waals surface area contributed by atoms with Gasteiger partial charge in [-0.2, -0.15) is 0 Å². The molecule has 2 aliphatic heterocycles. The molecule has 0 bridgehead atoms. The van der Waals surface area contributed by atoms with E-state index in [1.54, 1.807) is 12.2 Å². The quantitative estimate of drug-likeness (QED) is 0.519. The van der Waals surface area contributed by atoms with Gasteiger partial charge in [-0.15, -0.1) is 0 Å². The highest BCUT2D eigenvalue weighted by atomic mass is 19.1. The van der Waals surface area contributed by atoms with Crippen LogP contribution in [0.15, 0.2) is 36.4 Å². The fourth-order valence-corrected chi connectivity index (χ4v) is 4.09. The van der Waals surface area contributed by atoms with Crippen LogP contribution in [0.1, 0.15) is 33.6 Å². The molecule has 2 aromatic carbocycles. The molecule has 3 N–H and O–H groups in total. The summed E-state index contributed by atoms with van der Waals surface area (Å²) in [5, 5.41) is 5.47. The molecular weight excluding hydrogens is 400 g/mol. The minimum absolute atomic E-state index is 0.330. The van der Waals surface area contributed by atoms with Crippen molar-refractivity contribution in [3.8, 4) is 0 Å². The van der Waals surface area contributed by atoms with Crippen molar-refractivity contribution < 1.29 is 18.4 Å². The third kappa shape index (κ3) is 3.06. The Morgan fingerprint density at radius 2 is 1.13 bits per heavy atom. The van der Waals surface area contributed by atoms with Crippen molar-refractivity contribution in [2.24, 2.45) is 0 Å². The number of H-pyrrole nitrogens is 1. The standard InChI is InChI=1S/C24H17F2N3O2/c1-11-15(9-19-17-7-13(25)3-5-21(17)28-23(19)30)16(12(2)27-11)10-20-18-8-14(26)4-6-22(18)29-24(20)31/h3-10,27H,1-2H3,(H,28,30)(H,29,31)/b19-9+,20-10+. The molecule has 5 rings (SSSR count). The number of carbonyl (C=O) groups is 2. The van der Waals surface area contributed by atoms with Crippen molar-refractivity contribution in [2.45, 2.75) is 13.8 Å². The van der Waals surface area contributed by atoms with Gasteiger partial charge in [0, 0.05) is 56.2 Å². The van der Waals surface area contributed by atoms with Gasteiger partial charge in [0.05, 0.1) is 0 Å². The Morgan fingerprint density at radius 3 is 1.55 bits per heavy atom. The lowest BCUT2D eigenvalue weighted by Crippen LogP contribution is -2.04. The minimum atomic E-state index is -0.438. The third-order valence-electron chi connectivity index (χ3n) is 5.58. The summed E-state index contributed by atoms with van der Waals surface area (Å²) in [4.78, 5) is 28.3. The van der Waals surface area contributed by atoms with Gasteiger partial charge in [0.25, 0.3) is 11.8 Å². The van der Waals surface area contributed by atoms with Crippen LogP contribution in [0.5, 0.6) is 0 Å². The van der Waals surface area contributed by atoms with E-state index in [-0.39, 0.29) is 11.8 Å². The fourth-order valence-electron chi connectivity index (χ4n) is 4.09. The van der Waals surface area contributed by atoms with E-state index in [1.165, 1.54) is 36.4 Å². The van der Waals surface area contributed by atoms with Gasteiger partial charge < -0.3 is 15.6 Å². The summed E-state index contributed by atoms with van der Waals surface area (Å²) in [5.41, 5.74) is 5.68. The predicted octanol–water partition coefficient (Wildman–Crippen LogP) is 4.90. The highest BCUT2D eigenvalue weighted by Crippen LogP contribution is 2.38. The molecule has 0 spiro atoms. The first-order valence-corrected chi connectivity index (χ1v) is 9.67. The van der Waals surface area contributed by atoms with Gasteiger partial charge in [0.1, 0.15) is 11.6 Å². The molecular formula is C24H17F2N3O2. The Kier molecular flexibility index (Phi) is 4.15. The van der Waals surface area contributed by atoms with Crippen LogP contribution >= 0.6 is 0 Å². The van der Waals surface area contributed by atoms with E-state index in [9.17, 15) is 18.4 Å². The summed E-state index contributed by atoms with van der Waals surface area (Å²) in [6.45, 7) is 3.70. The van der Waals surface area contributed by atoms with Crippen LogP contribution in [0.2, 0.25) is 0 Å². The SMILES string of the molecule is Cc1[nH]c(C)c(/C=C2/C(=O)Nc3ccc(F)cc32)c1/C=C1/C(=O)Nc2ccc(F)cc21. The van der Waals surface area contributed by atoms with Gasteiger partial charge in [0.2, 0.25) is 0 Å². The number of hydrogen-bond acceptors (Lipinski definition) is 2. The van der Waals surface area contributed by atoms with Crippen LogP contribution in [-0.2, 0) is 9.59 Å². The number of aryl methyl sites for hydroxylation is 2. The number of amides is 2. The molecule has 0 saturated carbocycles. The Bertz CT molecular complexity index is 1260. The largest absolute Gasteiger partial charge is 0.362 e. The van der Waals surface area contributed by atoms with Gasteiger partial charge in [-0.25, -0.2) is 8.78 Å². The van der Waals surface area contributed by atoms with E-state index < -0.39 is 11.6 Å². The topological polar surface area (TPSA) is 74.0 Å². The Morgan fingerprint density at radius 1 is 0.710 bits per heavy atom. The van der Waals surface area contributed by atoms with Crippen molar-refractivity contribution in [1.82, 2.24) is 4.98 Å². The zero-order valence-corrected chi connectivity index (χ0v) is 16.7. The van der Waals surface area contributed by atoms with Crippen LogP contribution in [0.3, 0.4) is 0 Å². The van der Waals surface area contributed by atoms with E-state index in [4.69, 9.17) is 0 Å². The molecule has 2 aliphatic rings. The van der Waals surface area contributed by atoms with Crippen molar-refractivity contribution in [1.29, 1.82) is 0 Å². The Hall–Kier alpha value is -4.00. The first kappa shape index (κ1) is 19.0. The van der Waals surface area contributed by atoms with E-state index in [1.807, 2.05) is 13.8 Å². The Labute approximate surface area is 176 Å². The normalized spacial score (nSPS) is 17.2. The highest BCUT2D eigenvalue weighted by molar-refractivity contribution is 6.36. The van der Waals surface area contributed by atoms with Crippen molar-refractivity contribution in [3.05, 3.63) is 81.7 Å². The van der Waals surface area contributed by atoms with Crippen LogP contribution < -0.4 is 10.6 Å². The molecule has 2 amide bonds. The second-order valence-corrected chi connectivity index (χ2v) is 7.61. The lowest BCUT2D eigenvalue weighted by atomic mass is 9.98. The predicted molar refractivity (Wildman–Crippen MR) is 116 cm³/mol. The zero-order valence-electron chi connectivity index (χ0n) is 16.7. The molecule has 0 fully saturated rings. The van der Waals surface area contributed by atoms with E-state index in [0.717, 1.165) is 11.4 Å². The van der Waals surface area contributed by atoms with E-state index in [0.29, 0.717) is 44.8 Å². The maximum atomic E-state index is 13.8. The summed E-state index contributed by atoms with van der Waals surface area (Å²) in [5.74, 6) is -1.54. The average Bonchev–Trinajstić information content (AvgIpc) is 3.29. The molecule has 5 nitrogen and oxygen atoms in total. The van der Waals surface area contributed by atoms with E-state index >= 15 is 0 Å². The molecule has 154 valence electrons. The fraction of sp³-hybridized carbons (Fsp3) is 0.0833. The molecule has 0 aliphatic carbocycles. The van der Waals surface area contributed by atoms with Crippen LogP contribution in [0, 0.1) is 25.5 Å². The number of aromatic nitrogens is 1. The Balaban J connectivity index is 1.67. The number of anilines is 2. The first-order chi connectivity index (χ1) is 14.8. The number of nitrogens with one attached hydrogen (secondary N) is 3. The summed E-state index contributed by atoms with van der Waals surface area (Å²) >= 11 is 0. The monoisotopic (exact) mass is 417 g/mol. The lowest BCUT2D eigenvalue weighted by Gasteiger charge is -2.03. The number of carbonyl (C=O) groups excluding carboxylic acids is 2. The van der Waals surface area contributed by atoms with Gasteiger partial charge in [0.15, 0.2) is 0 Å². The summed E-state index contributed by atoms with van der Waals surface area (Å²) in [6.07, 6.45) is 3.37. The maximum Gasteiger partial charge on any atom is 0.256 e. The molecule has 0 saturated heterocycles. The van der Waals surface area contributed by atoms with Crippen LogP contribution in [0.4, 0.5) is 20.2 Å². The minimum Gasteiger partial charge on any atom is -0.362 e. The number of halogens is 2. The number of hydrogen-bond donors (Lipinski definition) is 3. The number of fused-ring (bicyclic) bond motifs is 2. The first-order valence-electron chi connectivity index (χ1n) is 9.67. The molecule has 31 heavy (non-hydrogen) atoms. The van der Waals surface area contributed by atoms with Gasteiger partial charge >= 0.3 is 0 Å². The second kappa shape index (κ2) is 6.77. The molecule has 0 radical (unpaired) electrons. The third-order valence-corrected chi connectivity index (χ3v) is 5.58. The molecule has 3 heterocycles. The lowest BCUT2D eigenvalue weighted by molar-refractivity contribution is -0.111. The average molecular weight is 417 g/mol. The maximum absolute atomic E-state index is 13.8. The molecule has 0 atom stereocenters. The summed E-state index contributed by atoms with van der Waals surface area (Å²) in [6, 6.07) is 8.26. The number of aromatic amines is 1. The van der Waals surface area contributed by atoms with Crippen LogP contribution in [-0.4, -0.2) is 16.8 Å². The highest BCUT2D eigenvalue weighted by Gasteiger charge is 2.27. The van der Waals surface area contributed by atoms with Gasteiger partial charge in [-0.3, -0.25) is 9.59 Å². The molecule has 1 aromatic heterocycles. The smallest absolute Gasteiger partial charge is 0.256 e. The second-order valence-electron chi connectivity index (χ2n) is 7.61. The van der Waals surface area contributed by atoms with Gasteiger partial charge in [-0.05, 0) is 62.4 Å². The zero-order chi connectivity index (χ0) is 21.9. The number of rotatable bonds is 2. The molecule has 7 heteroatoms. The van der Waals surface area contributed by atoms with Crippen LogP contribution in [0.25, 0.3) is 23.3 Å². The van der Waals surface area contributed by atoms with Gasteiger partial charge in [-0.1, -0.05) is 0 Å². The molecule has 3 aromatic rings. The van der Waals surface area contributed by atoms with Crippen molar-refractivity contribution >= 4 is 46.5 Å². The summed E-state index contributed by atoms with van der Waals surface area (Å²) < 4.78 is 27.6. The van der Waals surface area contributed by atoms with Crippen molar-refractivity contribution in [3.63, 3.8) is 0 Å². The van der Waals surface area contributed by atoms with E-state index in [2.05, 4.69) is 15.6 Å².